The van der Waals surface area contributed by atoms with Crippen molar-refractivity contribution in [2.45, 2.75) is 12.8 Å². The van der Waals surface area contributed by atoms with E-state index in [1.165, 1.54) is 0 Å². The molecule has 0 atom stereocenters. The Morgan fingerprint density at radius 1 is 1.50 bits per heavy atom. The van der Waals surface area contributed by atoms with Gasteiger partial charge in [0.15, 0.2) is 11.6 Å². The van der Waals surface area contributed by atoms with E-state index in [-0.39, 0.29) is 0 Å². The molecule has 0 saturated carbocycles. The van der Waals surface area contributed by atoms with Gasteiger partial charge in [0.1, 0.15) is 0 Å². The highest BCUT2D eigenvalue weighted by Crippen LogP contribution is 2.28. The van der Waals surface area contributed by atoms with Gasteiger partial charge in [0, 0.05) is 19.3 Å². The van der Waals surface area contributed by atoms with Crippen molar-refractivity contribution < 1.29 is 4.74 Å². The van der Waals surface area contributed by atoms with Gasteiger partial charge in [0.05, 0.1) is 7.11 Å². The van der Waals surface area contributed by atoms with Gasteiger partial charge >= 0.3 is 0 Å². The summed E-state index contributed by atoms with van der Waals surface area (Å²) in [4.78, 5) is 6.68. The quantitative estimate of drug-likeness (QED) is 0.835. The maximum atomic E-state index is 5.68. The molecule has 4 heteroatoms. The zero-order valence-corrected chi connectivity index (χ0v) is 9.72. The van der Waals surface area contributed by atoms with E-state index in [1.54, 1.807) is 7.11 Å². The van der Waals surface area contributed by atoms with Gasteiger partial charge in [-0.2, -0.15) is 0 Å². The molecule has 0 aliphatic carbocycles. The molecule has 1 aromatic rings. The summed E-state index contributed by atoms with van der Waals surface area (Å²) in [5, 5.41) is 0. The minimum Gasteiger partial charge on any atom is -0.493 e. The van der Waals surface area contributed by atoms with Crippen molar-refractivity contribution in [2.75, 3.05) is 31.6 Å². The van der Waals surface area contributed by atoms with Gasteiger partial charge in [-0.3, -0.25) is 0 Å². The van der Waals surface area contributed by atoms with Gasteiger partial charge in [0.2, 0.25) is 0 Å². The molecule has 0 bridgehead atoms. The summed E-state index contributed by atoms with van der Waals surface area (Å²) in [5.74, 6) is 2.49. The number of aromatic nitrogens is 1. The van der Waals surface area contributed by atoms with Gasteiger partial charge in [-0.05, 0) is 37.4 Å². The van der Waals surface area contributed by atoms with Crippen molar-refractivity contribution >= 4 is 5.82 Å². The lowest BCUT2D eigenvalue weighted by Crippen LogP contribution is -2.36. The predicted octanol–water partition coefficient (Wildman–Crippen LogP) is 1.27. The normalized spacial score (nSPS) is 17.5. The maximum Gasteiger partial charge on any atom is 0.171 e. The second kappa shape index (κ2) is 5.16. The maximum absolute atomic E-state index is 5.68. The topological polar surface area (TPSA) is 51.4 Å². The van der Waals surface area contributed by atoms with Crippen LogP contribution in [0.5, 0.6) is 5.75 Å². The second-order valence-corrected chi connectivity index (χ2v) is 4.20. The first-order chi connectivity index (χ1) is 7.85. The molecule has 16 heavy (non-hydrogen) atoms. The Morgan fingerprint density at radius 2 is 2.25 bits per heavy atom. The van der Waals surface area contributed by atoms with E-state index in [1.807, 2.05) is 18.3 Å². The van der Waals surface area contributed by atoms with E-state index in [9.17, 15) is 0 Å². The van der Waals surface area contributed by atoms with Gasteiger partial charge in [-0.25, -0.2) is 4.98 Å². The summed E-state index contributed by atoms with van der Waals surface area (Å²) < 4.78 is 5.32. The molecule has 0 unspecified atom stereocenters. The summed E-state index contributed by atoms with van der Waals surface area (Å²) in [6, 6.07) is 3.85. The molecule has 0 spiro atoms. The number of ether oxygens (including phenoxy) is 1. The molecule has 0 aromatic carbocycles. The molecular formula is C12H19N3O. The molecule has 0 amide bonds. The average molecular weight is 221 g/mol. The third-order valence-electron chi connectivity index (χ3n) is 3.22. The van der Waals surface area contributed by atoms with Crippen molar-refractivity contribution in [2.24, 2.45) is 11.7 Å². The standard InChI is InChI=1S/C12H19N3O/c1-16-11-3-2-6-14-12(11)15-7-4-10(9-13)5-8-15/h2-3,6,10H,4-5,7-9,13H2,1H3. The Labute approximate surface area is 96.4 Å². The lowest BCUT2D eigenvalue weighted by Gasteiger charge is -2.32. The average Bonchev–Trinajstić information content (AvgIpc) is 2.39. The fourth-order valence-electron chi connectivity index (χ4n) is 2.16. The summed E-state index contributed by atoms with van der Waals surface area (Å²) >= 11 is 0. The Morgan fingerprint density at radius 3 is 2.88 bits per heavy atom. The molecule has 4 nitrogen and oxygen atoms in total. The largest absolute Gasteiger partial charge is 0.493 e. The number of piperidine rings is 1. The molecule has 1 aromatic heterocycles. The zero-order valence-electron chi connectivity index (χ0n) is 9.72. The number of nitrogens with two attached hydrogens (primary N) is 1. The summed E-state index contributed by atoms with van der Waals surface area (Å²) in [5.41, 5.74) is 5.68. The number of anilines is 1. The van der Waals surface area contributed by atoms with Crippen LogP contribution in [-0.2, 0) is 0 Å². The number of hydrogen-bond donors (Lipinski definition) is 1. The fraction of sp³-hybridized carbons (Fsp3) is 0.583. The van der Waals surface area contributed by atoms with E-state index < -0.39 is 0 Å². The molecular weight excluding hydrogens is 202 g/mol. The Hall–Kier alpha value is -1.29. The van der Waals surface area contributed by atoms with Crippen molar-refractivity contribution in [1.29, 1.82) is 0 Å². The van der Waals surface area contributed by atoms with Crippen LogP contribution in [0.1, 0.15) is 12.8 Å². The van der Waals surface area contributed by atoms with Crippen LogP contribution in [0.3, 0.4) is 0 Å². The first-order valence-electron chi connectivity index (χ1n) is 5.79. The van der Waals surface area contributed by atoms with Crippen LogP contribution >= 0.6 is 0 Å². The van der Waals surface area contributed by atoms with Crippen LogP contribution in [0.2, 0.25) is 0 Å². The minimum atomic E-state index is 0.672. The van der Waals surface area contributed by atoms with Gasteiger partial charge < -0.3 is 15.4 Å². The Bertz CT molecular complexity index is 335. The Kier molecular flexibility index (Phi) is 3.62. The number of pyridine rings is 1. The van der Waals surface area contributed by atoms with Crippen molar-refractivity contribution in [3.05, 3.63) is 18.3 Å². The van der Waals surface area contributed by atoms with Crippen LogP contribution in [0.4, 0.5) is 5.82 Å². The van der Waals surface area contributed by atoms with Gasteiger partial charge in [0.25, 0.3) is 0 Å². The molecule has 88 valence electrons. The zero-order chi connectivity index (χ0) is 11.4. The summed E-state index contributed by atoms with van der Waals surface area (Å²) in [7, 11) is 1.69. The van der Waals surface area contributed by atoms with Gasteiger partial charge in [-0.15, -0.1) is 0 Å². The van der Waals surface area contributed by atoms with Crippen LogP contribution in [-0.4, -0.2) is 31.7 Å². The molecule has 2 heterocycles. The predicted molar refractivity (Wildman–Crippen MR) is 64.8 cm³/mol. The number of nitrogens with zero attached hydrogens (tertiary/aromatic N) is 2. The Balaban J connectivity index is 2.07. The molecule has 1 aliphatic heterocycles. The second-order valence-electron chi connectivity index (χ2n) is 4.20. The summed E-state index contributed by atoms with van der Waals surface area (Å²) in [6.45, 7) is 2.84. The third kappa shape index (κ3) is 2.27. The smallest absolute Gasteiger partial charge is 0.171 e. The van der Waals surface area contributed by atoms with E-state index in [0.717, 1.165) is 44.0 Å². The highest BCUT2D eigenvalue weighted by Gasteiger charge is 2.20. The SMILES string of the molecule is COc1cccnc1N1CCC(CN)CC1. The molecule has 1 saturated heterocycles. The highest BCUT2D eigenvalue weighted by molar-refractivity contribution is 5.52. The number of methoxy groups -OCH3 is 1. The third-order valence-corrected chi connectivity index (χ3v) is 3.22. The molecule has 0 radical (unpaired) electrons. The number of rotatable bonds is 3. The van der Waals surface area contributed by atoms with E-state index in [2.05, 4.69) is 9.88 Å². The van der Waals surface area contributed by atoms with Crippen LogP contribution in [0.25, 0.3) is 0 Å². The first-order valence-corrected chi connectivity index (χ1v) is 5.79. The molecule has 2 N–H and O–H groups in total. The fourth-order valence-corrected chi connectivity index (χ4v) is 2.16. The van der Waals surface area contributed by atoms with Crippen molar-refractivity contribution in [3.63, 3.8) is 0 Å². The molecule has 1 aliphatic rings. The van der Waals surface area contributed by atoms with Crippen LogP contribution < -0.4 is 15.4 Å². The van der Waals surface area contributed by atoms with Crippen LogP contribution in [0, 0.1) is 5.92 Å². The van der Waals surface area contributed by atoms with E-state index in [4.69, 9.17) is 10.5 Å². The monoisotopic (exact) mass is 221 g/mol. The minimum absolute atomic E-state index is 0.672. The lowest BCUT2D eigenvalue weighted by atomic mass is 9.97. The van der Waals surface area contributed by atoms with E-state index >= 15 is 0 Å². The van der Waals surface area contributed by atoms with Gasteiger partial charge in [-0.1, -0.05) is 0 Å². The summed E-state index contributed by atoms with van der Waals surface area (Å²) in [6.07, 6.45) is 4.11. The lowest BCUT2D eigenvalue weighted by molar-refractivity contribution is 0.393. The first kappa shape index (κ1) is 11.2. The number of hydrogen-bond acceptors (Lipinski definition) is 4. The van der Waals surface area contributed by atoms with Crippen molar-refractivity contribution in [1.82, 2.24) is 4.98 Å². The van der Waals surface area contributed by atoms with Crippen molar-refractivity contribution in [3.8, 4) is 5.75 Å². The van der Waals surface area contributed by atoms with E-state index in [0.29, 0.717) is 5.92 Å². The molecule has 2 rings (SSSR count). The molecule has 1 fully saturated rings. The highest BCUT2D eigenvalue weighted by atomic mass is 16.5. The van der Waals surface area contributed by atoms with Crippen LogP contribution in [0.15, 0.2) is 18.3 Å².